The van der Waals surface area contributed by atoms with Crippen LogP contribution >= 0.6 is 0 Å². The molecular formula is C10H20O2Si. The first-order valence-electron chi connectivity index (χ1n) is 4.59. The summed E-state index contributed by atoms with van der Waals surface area (Å²) < 4.78 is 5.69. The molecule has 0 aliphatic heterocycles. The van der Waals surface area contributed by atoms with E-state index in [9.17, 15) is 4.79 Å². The van der Waals surface area contributed by atoms with E-state index < -0.39 is 8.32 Å². The standard InChI is InChI=1S/C10H20O2Si/c1-8(7-9(2)11)10(3)12-13(4,5)6/h8H,3,7H2,1-2,4-6H3. The lowest BCUT2D eigenvalue weighted by Gasteiger charge is -2.24. The van der Waals surface area contributed by atoms with Crippen LogP contribution in [0.1, 0.15) is 20.3 Å². The minimum Gasteiger partial charge on any atom is -0.548 e. The highest BCUT2D eigenvalue weighted by Gasteiger charge is 2.20. The maximum atomic E-state index is 10.8. The Morgan fingerprint density at radius 1 is 1.46 bits per heavy atom. The maximum absolute atomic E-state index is 10.8. The van der Waals surface area contributed by atoms with Gasteiger partial charge in [-0.1, -0.05) is 13.5 Å². The van der Waals surface area contributed by atoms with Gasteiger partial charge in [0.05, 0.1) is 5.76 Å². The lowest BCUT2D eigenvalue weighted by atomic mass is 10.0. The minimum atomic E-state index is -1.54. The largest absolute Gasteiger partial charge is 0.548 e. The van der Waals surface area contributed by atoms with Crippen LogP contribution < -0.4 is 0 Å². The van der Waals surface area contributed by atoms with Gasteiger partial charge in [0, 0.05) is 12.3 Å². The molecule has 0 aromatic rings. The first-order chi connectivity index (χ1) is 5.72. The van der Waals surface area contributed by atoms with Crippen LogP contribution in [0.4, 0.5) is 0 Å². The van der Waals surface area contributed by atoms with E-state index in [2.05, 4.69) is 26.2 Å². The Kier molecular flexibility index (Phi) is 4.40. The molecular weight excluding hydrogens is 180 g/mol. The smallest absolute Gasteiger partial charge is 0.241 e. The lowest BCUT2D eigenvalue weighted by molar-refractivity contribution is -0.117. The maximum Gasteiger partial charge on any atom is 0.241 e. The van der Waals surface area contributed by atoms with E-state index in [1.54, 1.807) is 6.92 Å². The highest BCUT2D eigenvalue weighted by Crippen LogP contribution is 2.19. The van der Waals surface area contributed by atoms with E-state index in [1.165, 1.54) is 0 Å². The predicted molar refractivity (Wildman–Crippen MR) is 58.0 cm³/mol. The molecule has 0 aliphatic rings. The SMILES string of the molecule is C=C(O[Si](C)(C)C)C(C)CC(C)=O. The molecule has 0 aromatic heterocycles. The number of Topliss-reactive ketones (excluding diaryl/α,β-unsaturated/α-hetero) is 1. The third kappa shape index (κ3) is 6.58. The summed E-state index contributed by atoms with van der Waals surface area (Å²) in [6.45, 7) is 13.8. The van der Waals surface area contributed by atoms with Crippen LogP contribution in [-0.2, 0) is 9.22 Å². The highest BCUT2D eigenvalue weighted by atomic mass is 28.4. The van der Waals surface area contributed by atoms with Gasteiger partial charge in [-0.2, -0.15) is 0 Å². The van der Waals surface area contributed by atoms with Gasteiger partial charge < -0.3 is 9.22 Å². The molecule has 0 rings (SSSR count). The molecule has 0 bridgehead atoms. The van der Waals surface area contributed by atoms with Gasteiger partial charge in [-0.25, -0.2) is 0 Å². The molecule has 0 N–H and O–H groups in total. The highest BCUT2D eigenvalue weighted by molar-refractivity contribution is 6.70. The average molecular weight is 200 g/mol. The van der Waals surface area contributed by atoms with Crippen molar-refractivity contribution >= 4 is 14.1 Å². The molecule has 76 valence electrons. The molecule has 0 aliphatic carbocycles. The fourth-order valence-electron chi connectivity index (χ4n) is 1.04. The first kappa shape index (κ1) is 12.4. The van der Waals surface area contributed by atoms with E-state index in [0.717, 1.165) is 5.76 Å². The van der Waals surface area contributed by atoms with Gasteiger partial charge in [-0.05, 0) is 26.6 Å². The van der Waals surface area contributed by atoms with Crippen LogP contribution in [0.15, 0.2) is 12.3 Å². The van der Waals surface area contributed by atoms with Gasteiger partial charge >= 0.3 is 0 Å². The summed E-state index contributed by atoms with van der Waals surface area (Å²) in [6.07, 6.45) is 0.531. The van der Waals surface area contributed by atoms with Crippen LogP contribution in [0.25, 0.3) is 0 Å². The van der Waals surface area contributed by atoms with E-state index >= 15 is 0 Å². The van der Waals surface area contributed by atoms with Crippen LogP contribution in [0.5, 0.6) is 0 Å². The number of hydrogen-bond acceptors (Lipinski definition) is 2. The molecule has 0 saturated heterocycles. The molecule has 1 atom stereocenters. The summed E-state index contributed by atoms with van der Waals surface area (Å²) in [6, 6.07) is 0. The summed E-state index contributed by atoms with van der Waals surface area (Å²) >= 11 is 0. The van der Waals surface area contributed by atoms with E-state index in [0.29, 0.717) is 6.42 Å². The molecule has 0 heterocycles. The topological polar surface area (TPSA) is 26.3 Å². The zero-order chi connectivity index (χ0) is 10.6. The van der Waals surface area contributed by atoms with Crippen molar-refractivity contribution in [1.29, 1.82) is 0 Å². The molecule has 0 amide bonds. The van der Waals surface area contributed by atoms with Gasteiger partial charge in [-0.15, -0.1) is 0 Å². The number of rotatable bonds is 5. The zero-order valence-corrected chi connectivity index (χ0v) is 10.3. The Balaban J connectivity index is 4.05. The van der Waals surface area contributed by atoms with Gasteiger partial charge in [0.1, 0.15) is 5.78 Å². The second-order valence-electron chi connectivity index (χ2n) is 4.49. The monoisotopic (exact) mass is 200 g/mol. The molecule has 0 saturated carbocycles. The van der Waals surface area contributed by atoms with Crippen molar-refractivity contribution in [1.82, 2.24) is 0 Å². The van der Waals surface area contributed by atoms with Crippen LogP contribution in [0.2, 0.25) is 19.6 Å². The minimum absolute atomic E-state index is 0.143. The molecule has 2 nitrogen and oxygen atoms in total. The van der Waals surface area contributed by atoms with Gasteiger partial charge in [0.2, 0.25) is 8.32 Å². The predicted octanol–water partition coefficient (Wildman–Crippen LogP) is 2.97. The van der Waals surface area contributed by atoms with E-state index in [-0.39, 0.29) is 11.7 Å². The molecule has 0 spiro atoms. The third-order valence-corrected chi connectivity index (χ3v) is 2.46. The summed E-state index contributed by atoms with van der Waals surface area (Å²) in [4.78, 5) is 10.8. The Morgan fingerprint density at radius 3 is 2.23 bits per heavy atom. The Bertz CT molecular complexity index is 203. The van der Waals surface area contributed by atoms with Crippen molar-refractivity contribution in [2.45, 2.75) is 39.9 Å². The molecule has 13 heavy (non-hydrogen) atoms. The lowest BCUT2D eigenvalue weighted by Crippen LogP contribution is -2.26. The number of hydrogen-bond donors (Lipinski definition) is 0. The third-order valence-electron chi connectivity index (χ3n) is 1.58. The number of allylic oxidation sites excluding steroid dienone is 1. The molecule has 0 radical (unpaired) electrons. The molecule has 1 unspecified atom stereocenters. The normalized spacial score (nSPS) is 13.6. The van der Waals surface area contributed by atoms with Crippen molar-refractivity contribution in [2.24, 2.45) is 5.92 Å². The second-order valence-corrected chi connectivity index (χ2v) is 8.92. The molecule has 3 heteroatoms. The van der Waals surface area contributed by atoms with Crippen molar-refractivity contribution in [3.05, 3.63) is 12.3 Å². The van der Waals surface area contributed by atoms with Crippen LogP contribution in [0, 0.1) is 5.92 Å². The van der Waals surface area contributed by atoms with Gasteiger partial charge in [-0.3, -0.25) is 0 Å². The van der Waals surface area contributed by atoms with Crippen LogP contribution in [0.3, 0.4) is 0 Å². The average Bonchev–Trinajstić information content (AvgIpc) is 1.81. The van der Waals surface area contributed by atoms with Crippen molar-refractivity contribution in [3.63, 3.8) is 0 Å². The fraction of sp³-hybridized carbons (Fsp3) is 0.700. The number of ketones is 1. The van der Waals surface area contributed by atoms with E-state index in [1.807, 2.05) is 6.92 Å². The number of carbonyl (C=O) groups excluding carboxylic acids is 1. The quantitative estimate of drug-likeness (QED) is 0.504. The van der Waals surface area contributed by atoms with Crippen molar-refractivity contribution in [2.75, 3.05) is 0 Å². The van der Waals surface area contributed by atoms with E-state index in [4.69, 9.17) is 4.43 Å². The Hall–Kier alpha value is -0.573. The van der Waals surface area contributed by atoms with Gasteiger partial charge in [0.25, 0.3) is 0 Å². The summed E-state index contributed by atoms with van der Waals surface area (Å²) in [5.41, 5.74) is 0. The summed E-state index contributed by atoms with van der Waals surface area (Å²) in [7, 11) is -1.54. The van der Waals surface area contributed by atoms with Crippen LogP contribution in [-0.4, -0.2) is 14.1 Å². The Labute approximate surface area is 82.1 Å². The van der Waals surface area contributed by atoms with Gasteiger partial charge in [0.15, 0.2) is 0 Å². The zero-order valence-electron chi connectivity index (χ0n) is 9.31. The molecule has 0 fully saturated rings. The summed E-state index contributed by atoms with van der Waals surface area (Å²) in [5, 5.41) is 0. The fourth-order valence-corrected chi connectivity index (χ4v) is 2.03. The first-order valence-corrected chi connectivity index (χ1v) is 8.00. The Morgan fingerprint density at radius 2 is 1.92 bits per heavy atom. The van der Waals surface area contributed by atoms with Crippen molar-refractivity contribution < 1.29 is 9.22 Å². The summed E-state index contributed by atoms with van der Waals surface area (Å²) in [5.74, 6) is 1.09. The molecule has 0 aromatic carbocycles. The van der Waals surface area contributed by atoms with Crippen molar-refractivity contribution in [3.8, 4) is 0 Å². The second kappa shape index (κ2) is 4.60. The number of carbonyl (C=O) groups is 1.